The van der Waals surface area contributed by atoms with Crippen molar-refractivity contribution in [3.8, 4) is 12.3 Å². The van der Waals surface area contributed by atoms with Crippen molar-refractivity contribution in [1.29, 1.82) is 0 Å². The fraction of sp³-hybridized carbons (Fsp3) is 0.700. The Labute approximate surface area is 68.2 Å². The zero-order chi connectivity index (χ0) is 8.10. The second-order valence-electron chi connectivity index (χ2n) is 3.15. The van der Waals surface area contributed by atoms with Gasteiger partial charge in [-0.05, 0) is 25.7 Å². The van der Waals surface area contributed by atoms with Gasteiger partial charge in [0.05, 0.1) is 0 Å². The topological polar surface area (TPSA) is 17.1 Å². The van der Waals surface area contributed by atoms with Crippen LogP contribution in [0.3, 0.4) is 0 Å². The van der Waals surface area contributed by atoms with Gasteiger partial charge in [-0.1, -0.05) is 0 Å². The Kier molecular flexibility index (Phi) is 3.16. The largest absolute Gasteiger partial charge is 0.299 e. The second kappa shape index (κ2) is 4.18. The summed E-state index contributed by atoms with van der Waals surface area (Å²) in [5.41, 5.74) is 0. The van der Waals surface area contributed by atoms with Crippen LogP contribution in [0.25, 0.3) is 0 Å². The van der Waals surface area contributed by atoms with Gasteiger partial charge in [0.25, 0.3) is 0 Å². The molecule has 0 aromatic heterocycles. The highest BCUT2D eigenvalue weighted by Gasteiger charge is 2.22. The van der Waals surface area contributed by atoms with E-state index in [0.717, 1.165) is 38.5 Å². The van der Waals surface area contributed by atoms with Crippen molar-refractivity contribution >= 4 is 5.78 Å². The average Bonchev–Trinajstić information content (AvgIpc) is 2.37. The minimum Gasteiger partial charge on any atom is -0.299 e. The highest BCUT2D eigenvalue weighted by Crippen LogP contribution is 2.25. The minimum absolute atomic E-state index is 0.350. The lowest BCUT2D eigenvalue weighted by Crippen LogP contribution is -2.05. The molecule has 0 N–H and O–H groups in total. The van der Waals surface area contributed by atoms with Crippen LogP contribution in [0.1, 0.15) is 38.5 Å². The van der Waals surface area contributed by atoms with Crippen LogP contribution in [-0.4, -0.2) is 5.78 Å². The van der Waals surface area contributed by atoms with Crippen LogP contribution in [0.5, 0.6) is 0 Å². The van der Waals surface area contributed by atoms with Crippen LogP contribution >= 0.6 is 0 Å². The quantitative estimate of drug-likeness (QED) is 0.445. The van der Waals surface area contributed by atoms with E-state index in [1.165, 1.54) is 0 Å². The van der Waals surface area contributed by atoms with Gasteiger partial charge in [0.1, 0.15) is 5.78 Å². The number of rotatable bonds is 3. The molecule has 1 atom stereocenters. The van der Waals surface area contributed by atoms with Crippen molar-refractivity contribution in [2.24, 2.45) is 5.92 Å². The molecule has 1 saturated carbocycles. The van der Waals surface area contributed by atoms with Gasteiger partial charge < -0.3 is 0 Å². The summed E-state index contributed by atoms with van der Waals surface area (Å²) in [6, 6.07) is 0. The molecule has 0 spiro atoms. The molecule has 1 fully saturated rings. The molecule has 1 unspecified atom stereocenters. The number of ketones is 1. The molecule has 0 amide bonds. The molecule has 0 radical (unpaired) electrons. The van der Waals surface area contributed by atoms with Crippen LogP contribution in [0.15, 0.2) is 0 Å². The number of hydrogen-bond donors (Lipinski definition) is 0. The maximum atomic E-state index is 11.1. The van der Waals surface area contributed by atoms with E-state index in [1.54, 1.807) is 0 Å². The first-order valence-corrected chi connectivity index (χ1v) is 4.31. The molecule has 11 heavy (non-hydrogen) atoms. The summed E-state index contributed by atoms with van der Waals surface area (Å²) in [7, 11) is 0. The molecule has 0 aromatic rings. The second-order valence-corrected chi connectivity index (χ2v) is 3.15. The van der Waals surface area contributed by atoms with Gasteiger partial charge in [-0.3, -0.25) is 4.79 Å². The lowest BCUT2D eigenvalue weighted by atomic mass is 10.00. The average molecular weight is 150 g/mol. The van der Waals surface area contributed by atoms with Gasteiger partial charge in [-0.15, -0.1) is 12.3 Å². The lowest BCUT2D eigenvalue weighted by Gasteiger charge is -2.04. The summed E-state index contributed by atoms with van der Waals surface area (Å²) in [5.74, 6) is 3.41. The predicted molar refractivity (Wildman–Crippen MR) is 45.0 cm³/mol. The Bertz CT molecular complexity index is 176. The van der Waals surface area contributed by atoms with Gasteiger partial charge in [0.15, 0.2) is 0 Å². The zero-order valence-corrected chi connectivity index (χ0v) is 6.81. The van der Waals surface area contributed by atoms with Crippen molar-refractivity contribution in [1.82, 2.24) is 0 Å². The number of hydrogen-bond acceptors (Lipinski definition) is 1. The number of terminal acetylenes is 1. The van der Waals surface area contributed by atoms with Crippen molar-refractivity contribution in [2.75, 3.05) is 0 Å². The van der Waals surface area contributed by atoms with E-state index in [2.05, 4.69) is 5.92 Å². The highest BCUT2D eigenvalue weighted by molar-refractivity contribution is 5.82. The Morgan fingerprint density at radius 1 is 1.64 bits per heavy atom. The van der Waals surface area contributed by atoms with Crippen LogP contribution < -0.4 is 0 Å². The molecule has 0 bridgehead atoms. The third kappa shape index (κ3) is 2.38. The Balaban J connectivity index is 2.16. The first-order valence-electron chi connectivity index (χ1n) is 4.31. The van der Waals surface area contributed by atoms with Crippen molar-refractivity contribution in [3.05, 3.63) is 0 Å². The summed E-state index contributed by atoms with van der Waals surface area (Å²) < 4.78 is 0. The van der Waals surface area contributed by atoms with E-state index in [0.29, 0.717) is 11.7 Å². The maximum Gasteiger partial charge on any atom is 0.135 e. The van der Waals surface area contributed by atoms with Crippen LogP contribution in [0.4, 0.5) is 0 Å². The number of Topliss-reactive ketones (excluding diaryl/α,β-unsaturated/α-hetero) is 1. The summed E-state index contributed by atoms with van der Waals surface area (Å²) in [4.78, 5) is 11.1. The van der Waals surface area contributed by atoms with Gasteiger partial charge in [0, 0.05) is 18.8 Å². The normalized spacial score (nSPS) is 23.5. The van der Waals surface area contributed by atoms with Gasteiger partial charge >= 0.3 is 0 Å². The fourth-order valence-corrected chi connectivity index (χ4v) is 1.64. The fourth-order valence-electron chi connectivity index (χ4n) is 1.64. The Morgan fingerprint density at radius 3 is 3.00 bits per heavy atom. The maximum absolute atomic E-state index is 11.1. The summed E-state index contributed by atoms with van der Waals surface area (Å²) >= 11 is 0. The molecular weight excluding hydrogens is 136 g/mol. The molecule has 1 nitrogen and oxygen atoms in total. The zero-order valence-electron chi connectivity index (χ0n) is 6.81. The third-order valence-corrected chi connectivity index (χ3v) is 2.30. The molecule has 1 rings (SSSR count). The van der Waals surface area contributed by atoms with Gasteiger partial charge in [-0.25, -0.2) is 0 Å². The van der Waals surface area contributed by atoms with Gasteiger partial charge in [-0.2, -0.15) is 0 Å². The van der Waals surface area contributed by atoms with Gasteiger partial charge in [0.2, 0.25) is 0 Å². The molecule has 0 aliphatic heterocycles. The third-order valence-electron chi connectivity index (χ3n) is 2.30. The first kappa shape index (κ1) is 8.33. The predicted octanol–water partition coefficient (Wildman–Crippen LogP) is 2.16. The van der Waals surface area contributed by atoms with Crippen LogP contribution in [-0.2, 0) is 4.79 Å². The Hall–Kier alpha value is -0.770. The molecule has 0 heterocycles. The van der Waals surface area contributed by atoms with E-state index >= 15 is 0 Å². The van der Waals surface area contributed by atoms with Crippen molar-refractivity contribution in [2.45, 2.75) is 38.5 Å². The van der Waals surface area contributed by atoms with Crippen molar-refractivity contribution < 1.29 is 4.79 Å². The monoisotopic (exact) mass is 150 g/mol. The molecule has 0 saturated heterocycles. The van der Waals surface area contributed by atoms with E-state index in [-0.39, 0.29) is 0 Å². The van der Waals surface area contributed by atoms with E-state index in [1.807, 2.05) is 0 Å². The Morgan fingerprint density at radius 2 is 2.45 bits per heavy atom. The van der Waals surface area contributed by atoms with Crippen molar-refractivity contribution in [3.63, 3.8) is 0 Å². The highest BCUT2D eigenvalue weighted by atomic mass is 16.1. The number of carbonyl (C=O) groups excluding carboxylic acids is 1. The van der Waals surface area contributed by atoms with Crippen LogP contribution in [0.2, 0.25) is 0 Å². The molecule has 1 aliphatic carbocycles. The summed E-state index contributed by atoms with van der Waals surface area (Å²) in [6.45, 7) is 0. The number of unbranched alkanes of at least 4 members (excludes halogenated alkanes) is 1. The minimum atomic E-state index is 0.350. The first-order chi connectivity index (χ1) is 5.34. The standard InChI is InChI=1S/C10H14O/c1-2-3-4-6-9-7-5-8-10(9)11/h1,9H,3-8H2. The van der Waals surface area contributed by atoms with E-state index in [4.69, 9.17) is 6.42 Å². The van der Waals surface area contributed by atoms with E-state index in [9.17, 15) is 4.79 Å². The molecule has 60 valence electrons. The SMILES string of the molecule is C#CCCCC1CCCC1=O. The van der Waals surface area contributed by atoms with Crippen LogP contribution in [0, 0.1) is 18.3 Å². The molecule has 0 aromatic carbocycles. The molecule has 1 heteroatoms. The summed E-state index contributed by atoms with van der Waals surface area (Å²) in [5, 5.41) is 0. The molecule has 1 aliphatic rings. The summed E-state index contributed by atoms with van der Waals surface area (Å²) in [6.07, 6.45) is 11.0. The lowest BCUT2D eigenvalue weighted by molar-refractivity contribution is -0.120. The van der Waals surface area contributed by atoms with E-state index < -0.39 is 0 Å². The smallest absolute Gasteiger partial charge is 0.135 e. The molecular formula is C10H14O. The number of carbonyl (C=O) groups is 1.